The van der Waals surface area contributed by atoms with E-state index in [1.807, 2.05) is 0 Å². The number of rotatable bonds is 3. The fraction of sp³-hybridized carbons (Fsp3) is 0.211. The topological polar surface area (TPSA) is 127 Å². The van der Waals surface area contributed by atoms with Gasteiger partial charge in [0.05, 0.1) is 16.8 Å². The molecule has 5 N–H and O–H groups in total. The fourth-order valence-electron chi connectivity index (χ4n) is 3.49. The summed E-state index contributed by atoms with van der Waals surface area (Å²) in [6.45, 7) is 2.35. The number of halogens is 3. The molecule has 30 heavy (non-hydrogen) atoms. The molecule has 0 saturated carbocycles. The first-order valence-corrected chi connectivity index (χ1v) is 8.76. The predicted molar refractivity (Wildman–Crippen MR) is 103 cm³/mol. The van der Waals surface area contributed by atoms with E-state index >= 15 is 0 Å². The van der Waals surface area contributed by atoms with Crippen LogP contribution < -0.4 is 21.8 Å². The lowest BCUT2D eigenvalue weighted by molar-refractivity contribution is 0.0695. The zero-order valence-corrected chi connectivity index (χ0v) is 15.6. The van der Waals surface area contributed by atoms with Gasteiger partial charge in [0.15, 0.2) is 17.3 Å². The Hall–Kier alpha value is -3.60. The number of aromatic carboxylic acids is 1. The lowest BCUT2D eigenvalue weighted by atomic mass is 9.94. The van der Waals surface area contributed by atoms with Crippen LogP contribution in [0.15, 0.2) is 29.2 Å². The molecule has 1 aromatic carbocycles. The zero-order chi connectivity index (χ0) is 22.0. The quantitative estimate of drug-likeness (QED) is 0.551. The van der Waals surface area contributed by atoms with Crippen LogP contribution in [0.4, 0.5) is 24.7 Å². The second-order valence-electron chi connectivity index (χ2n) is 7.55. The maximum absolute atomic E-state index is 14.7. The van der Waals surface area contributed by atoms with Gasteiger partial charge in [0.25, 0.3) is 0 Å². The van der Waals surface area contributed by atoms with Crippen LogP contribution in [0.2, 0.25) is 0 Å². The number of hydrogen-bond acceptors (Lipinski definition) is 6. The molecular formula is C19H16F3N5O3. The number of carbonyl (C=O) groups is 1. The van der Waals surface area contributed by atoms with Gasteiger partial charge < -0.3 is 21.5 Å². The Kier molecular flexibility index (Phi) is 4.24. The zero-order valence-electron chi connectivity index (χ0n) is 15.6. The van der Waals surface area contributed by atoms with Crippen LogP contribution in [-0.2, 0) is 0 Å². The molecule has 1 fully saturated rings. The number of anilines is 2. The standard InChI is InChI=1S/C19H16F3N5O3/c1-19(24)6-26(7-19)17-12(22)2-8-15(28)9(18(29)30)5-27(16(8)25-17)14-4-13(23)10(20)3-11(14)21/h2-5H,6-7,23-24H2,1H3,(H,29,30). The Balaban J connectivity index is 2.05. The minimum Gasteiger partial charge on any atom is -0.477 e. The number of carboxylic acid groups (broad SMARTS) is 1. The van der Waals surface area contributed by atoms with E-state index in [0.717, 1.165) is 22.9 Å². The van der Waals surface area contributed by atoms with E-state index in [1.165, 1.54) is 4.90 Å². The largest absolute Gasteiger partial charge is 0.477 e. The van der Waals surface area contributed by atoms with Crippen molar-refractivity contribution >= 4 is 28.5 Å². The van der Waals surface area contributed by atoms with Gasteiger partial charge in [-0.3, -0.25) is 9.36 Å². The van der Waals surface area contributed by atoms with Crippen molar-refractivity contribution in [1.29, 1.82) is 0 Å². The highest BCUT2D eigenvalue weighted by molar-refractivity contribution is 5.92. The summed E-state index contributed by atoms with van der Waals surface area (Å²) in [4.78, 5) is 29.8. The number of hydrogen-bond donors (Lipinski definition) is 3. The van der Waals surface area contributed by atoms with Crippen LogP contribution in [-0.4, -0.2) is 39.3 Å². The van der Waals surface area contributed by atoms with Crippen molar-refractivity contribution in [3.05, 3.63) is 57.6 Å². The highest BCUT2D eigenvalue weighted by Gasteiger charge is 2.37. The van der Waals surface area contributed by atoms with Gasteiger partial charge in [-0.15, -0.1) is 0 Å². The molecule has 156 valence electrons. The summed E-state index contributed by atoms with van der Waals surface area (Å²) in [6.07, 6.45) is 0.848. The molecule has 0 spiro atoms. The van der Waals surface area contributed by atoms with Crippen LogP contribution in [0.25, 0.3) is 16.7 Å². The number of nitrogens with zero attached hydrogens (tertiary/aromatic N) is 3. The Bertz CT molecular complexity index is 1280. The van der Waals surface area contributed by atoms with E-state index in [-0.39, 0.29) is 35.6 Å². The van der Waals surface area contributed by atoms with Crippen LogP contribution in [0, 0.1) is 17.5 Å². The molecule has 1 aliphatic heterocycles. The molecule has 3 aromatic rings. The van der Waals surface area contributed by atoms with E-state index in [0.29, 0.717) is 6.07 Å². The van der Waals surface area contributed by atoms with Gasteiger partial charge in [-0.2, -0.15) is 0 Å². The molecule has 0 atom stereocenters. The molecule has 4 rings (SSSR count). The summed E-state index contributed by atoms with van der Waals surface area (Å²) in [6, 6.07) is 2.31. The van der Waals surface area contributed by atoms with Gasteiger partial charge in [-0.25, -0.2) is 22.9 Å². The van der Waals surface area contributed by atoms with Gasteiger partial charge in [-0.1, -0.05) is 0 Å². The predicted octanol–water partition coefficient (Wildman–Crippen LogP) is 1.62. The summed E-state index contributed by atoms with van der Waals surface area (Å²) in [5.74, 6) is -4.67. The molecule has 0 amide bonds. The van der Waals surface area contributed by atoms with E-state index in [1.54, 1.807) is 6.92 Å². The maximum atomic E-state index is 14.7. The average molecular weight is 419 g/mol. The number of pyridine rings is 2. The Morgan fingerprint density at radius 2 is 1.83 bits per heavy atom. The molecule has 11 heteroatoms. The summed E-state index contributed by atoms with van der Waals surface area (Å²) in [5, 5.41) is 8.97. The smallest absolute Gasteiger partial charge is 0.341 e. The number of nitrogens with two attached hydrogens (primary N) is 2. The first kappa shape index (κ1) is 19.7. The average Bonchev–Trinajstić information content (AvgIpc) is 2.63. The Morgan fingerprint density at radius 1 is 1.17 bits per heavy atom. The van der Waals surface area contributed by atoms with Crippen molar-refractivity contribution in [3.8, 4) is 5.69 Å². The summed E-state index contributed by atoms with van der Waals surface area (Å²) < 4.78 is 43.8. The van der Waals surface area contributed by atoms with Crippen molar-refractivity contribution < 1.29 is 23.1 Å². The minimum absolute atomic E-state index is 0.128. The van der Waals surface area contributed by atoms with Crippen LogP contribution in [0.1, 0.15) is 17.3 Å². The molecule has 0 aliphatic carbocycles. The third-order valence-electron chi connectivity index (χ3n) is 4.87. The second-order valence-corrected chi connectivity index (χ2v) is 7.55. The Morgan fingerprint density at radius 3 is 2.43 bits per heavy atom. The molecule has 0 unspecified atom stereocenters. The van der Waals surface area contributed by atoms with Gasteiger partial charge >= 0.3 is 5.97 Å². The molecule has 0 bridgehead atoms. The highest BCUT2D eigenvalue weighted by atomic mass is 19.1. The SMILES string of the molecule is CC1(N)CN(c2nc3c(cc2F)c(=O)c(C(=O)O)cn3-c2cc(N)c(F)cc2F)C1. The van der Waals surface area contributed by atoms with Crippen molar-refractivity contribution in [2.45, 2.75) is 12.5 Å². The summed E-state index contributed by atoms with van der Waals surface area (Å²) >= 11 is 0. The summed E-state index contributed by atoms with van der Waals surface area (Å²) in [5.41, 5.74) is 8.23. The number of nitrogen functional groups attached to an aromatic ring is 1. The second kappa shape index (κ2) is 6.46. The van der Waals surface area contributed by atoms with Crippen molar-refractivity contribution in [2.24, 2.45) is 5.73 Å². The molecule has 2 aromatic heterocycles. The van der Waals surface area contributed by atoms with Crippen molar-refractivity contribution in [2.75, 3.05) is 23.7 Å². The van der Waals surface area contributed by atoms with E-state index < -0.39 is 45.6 Å². The molecular weight excluding hydrogens is 403 g/mol. The fourth-order valence-corrected chi connectivity index (χ4v) is 3.49. The minimum atomic E-state index is -1.60. The van der Waals surface area contributed by atoms with E-state index in [2.05, 4.69) is 4.98 Å². The molecule has 0 radical (unpaired) electrons. The normalized spacial score (nSPS) is 15.3. The molecule has 3 heterocycles. The third-order valence-corrected chi connectivity index (χ3v) is 4.87. The lowest BCUT2D eigenvalue weighted by Crippen LogP contribution is -2.66. The highest BCUT2D eigenvalue weighted by Crippen LogP contribution is 2.30. The first-order chi connectivity index (χ1) is 14.0. The third kappa shape index (κ3) is 3.03. The van der Waals surface area contributed by atoms with Crippen LogP contribution in [0.5, 0.6) is 0 Å². The van der Waals surface area contributed by atoms with Gasteiger partial charge in [0.2, 0.25) is 5.43 Å². The lowest BCUT2D eigenvalue weighted by Gasteiger charge is -2.46. The van der Waals surface area contributed by atoms with Crippen molar-refractivity contribution in [1.82, 2.24) is 9.55 Å². The Labute approximate surface area is 167 Å². The monoisotopic (exact) mass is 419 g/mol. The van der Waals surface area contributed by atoms with Gasteiger partial charge in [0, 0.05) is 30.9 Å². The molecule has 1 saturated heterocycles. The summed E-state index contributed by atoms with van der Waals surface area (Å²) in [7, 11) is 0. The van der Waals surface area contributed by atoms with Gasteiger partial charge in [0.1, 0.15) is 17.2 Å². The van der Waals surface area contributed by atoms with E-state index in [4.69, 9.17) is 11.5 Å². The molecule has 8 nitrogen and oxygen atoms in total. The number of aromatic nitrogens is 2. The maximum Gasteiger partial charge on any atom is 0.341 e. The van der Waals surface area contributed by atoms with Crippen LogP contribution in [0.3, 0.4) is 0 Å². The number of benzene rings is 1. The van der Waals surface area contributed by atoms with Crippen molar-refractivity contribution in [3.63, 3.8) is 0 Å². The first-order valence-electron chi connectivity index (χ1n) is 8.76. The van der Waals surface area contributed by atoms with Gasteiger partial charge in [-0.05, 0) is 19.1 Å². The number of fused-ring (bicyclic) bond motifs is 1. The molecule has 1 aliphatic rings. The van der Waals surface area contributed by atoms with Crippen LogP contribution >= 0.6 is 0 Å². The van der Waals surface area contributed by atoms with E-state index in [9.17, 15) is 27.9 Å². The number of carboxylic acids is 1.